The minimum Gasteiger partial charge on any atom is -0.342 e. The molecule has 0 spiro atoms. The van der Waals surface area contributed by atoms with Gasteiger partial charge in [-0.15, -0.1) is 0 Å². The van der Waals surface area contributed by atoms with E-state index in [0.717, 1.165) is 12.8 Å². The molecule has 136 valence electrons. The van der Waals surface area contributed by atoms with Crippen LogP contribution in [0.5, 0.6) is 0 Å². The van der Waals surface area contributed by atoms with Crippen molar-refractivity contribution in [1.29, 1.82) is 5.26 Å². The van der Waals surface area contributed by atoms with Crippen LogP contribution in [0, 0.1) is 16.7 Å². The quantitative estimate of drug-likeness (QED) is 0.662. The highest BCUT2D eigenvalue weighted by Gasteiger charge is 2.46. The van der Waals surface area contributed by atoms with Crippen molar-refractivity contribution < 1.29 is 18.0 Å². The number of nitriles is 1. The van der Waals surface area contributed by atoms with Crippen molar-refractivity contribution in [1.82, 2.24) is 10.6 Å². The Hall–Kier alpha value is -1.59. The van der Waals surface area contributed by atoms with Crippen molar-refractivity contribution in [2.75, 3.05) is 6.54 Å². The average molecular weight is 418 g/mol. The van der Waals surface area contributed by atoms with Gasteiger partial charge in [0.15, 0.2) is 0 Å². The summed E-state index contributed by atoms with van der Waals surface area (Å²) in [6, 6.07) is 4.60. The van der Waals surface area contributed by atoms with E-state index in [-0.39, 0.29) is 17.5 Å². The first-order valence-electron chi connectivity index (χ1n) is 7.87. The molecule has 1 aromatic rings. The summed E-state index contributed by atoms with van der Waals surface area (Å²) in [6.45, 7) is 1.71. The summed E-state index contributed by atoms with van der Waals surface area (Å²) in [5.74, 6) is -0.582. The number of hydrogen-bond donors (Lipinski definition) is 2. The van der Waals surface area contributed by atoms with Crippen molar-refractivity contribution >= 4 is 21.8 Å². The van der Waals surface area contributed by atoms with E-state index in [1.807, 2.05) is 6.92 Å². The lowest BCUT2D eigenvalue weighted by Gasteiger charge is -2.28. The molecular formula is C17H19BrF3N3O. The Kier molecular flexibility index (Phi) is 6.12. The molecule has 0 saturated heterocycles. The second-order valence-electron chi connectivity index (χ2n) is 6.64. The Morgan fingerprint density at radius 3 is 2.44 bits per heavy atom. The highest BCUT2D eigenvalue weighted by Crippen LogP contribution is 2.49. The topological polar surface area (TPSA) is 64.9 Å². The molecule has 1 aliphatic rings. The van der Waals surface area contributed by atoms with Crippen LogP contribution in [-0.2, 0) is 4.79 Å². The summed E-state index contributed by atoms with van der Waals surface area (Å²) in [6.07, 6.45) is -2.49. The number of nitrogens with zero attached hydrogens (tertiary/aromatic N) is 1. The number of carbonyl (C=O) groups is 1. The number of amides is 1. The van der Waals surface area contributed by atoms with E-state index in [9.17, 15) is 18.0 Å². The molecule has 0 aliphatic heterocycles. The second kappa shape index (κ2) is 7.75. The monoisotopic (exact) mass is 417 g/mol. The van der Waals surface area contributed by atoms with Crippen LogP contribution < -0.4 is 10.6 Å². The molecule has 1 aliphatic carbocycles. The summed E-state index contributed by atoms with van der Waals surface area (Å²) in [5, 5.41) is 13.4. The molecule has 2 rings (SSSR count). The van der Waals surface area contributed by atoms with Crippen LogP contribution in [0.25, 0.3) is 0 Å². The predicted octanol–water partition coefficient (Wildman–Crippen LogP) is 3.84. The molecular weight excluding hydrogens is 399 g/mol. The van der Waals surface area contributed by atoms with Crippen molar-refractivity contribution in [3.63, 3.8) is 0 Å². The molecule has 1 aromatic carbocycles. The summed E-state index contributed by atoms with van der Waals surface area (Å²) in [7, 11) is 0. The van der Waals surface area contributed by atoms with Gasteiger partial charge in [0.25, 0.3) is 0 Å². The van der Waals surface area contributed by atoms with Gasteiger partial charge in [0.1, 0.15) is 12.6 Å². The Balaban J connectivity index is 2.22. The van der Waals surface area contributed by atoms with E-state index in [1.165, 1.54) is 24.3 Å². The highest BCUT2D eigenvalue weighted by atomic mass is 79.9. The zero-order valence-corrected chi connectivity index (χ0v) is 15.2. The molecule has 1 unspecified atom stereocenters. The van der Waals surface area contributed by atoms with Crippen molar-refractivity contribution in [2.24, 2.45) is 5.41 Å². The molecule has 4 nitrogen and oxygen atoms in total. The van der Waals surface area contributed by atoms with E-state index in [1.54, 1.807) is 6.07 Å². The van der Waals surface area contributed by atoms with Crippen LogP contribution in [0.15, 0.2) is 28.7 Å². The smallest absolute Gasteiger partial charge is 0.342 e. The Labute approximate surface area is 152 Å². The maximum absolute atomic E-state index is 13.6. The fourth-order valence-corrected chi connectivity index (χ4v) is 2.89. The standard InChI is InChI=1S/C17H19BrF3N3O/c1-16(6-7-16)10-13(15(25)23-9-8-22)24-14(17(19,20)21)11-2-4-12(18)5-3-11/h2-5,13-14,24H,6-7,9-10H2,1H3,(H,23,25)/t13-,14?/m0/s1. The van der Waals surface area contributed by atoms with E-state index >= 15 is 0 Å². The third kappa shape index (κ3) is 5.72. The number of benzene rings is 1. The molecule has 1 amide bonds. The van der Waals surface area contributed by atoms with Crippen LogP contribution in [0.1, 0.15) is 37.8 Å². The van der Waals surface area contributed by atoms with E-state index in [2.05, 4.69) is 26.6 Å². The first kappa shape index (κ1) is 19.7. The summed E-state index contributed by atoms with van der Waals surface area (Å²) in [4.78, 5) is 12.3. The normalized spacial score (nSPS) is 18.1. The third-order valence-corrected chi connectivity index (χ3v) is 4.89. The Morgan fingerprint density at radius 2 is 1.96 bits per heavy atom. The number of nitrogens with one attached hydrogen (secondary N) is 2. The lowest BCUT2D eigenvalue weighted by molar-refractivity contribution is -0.161. The van der Waals surface area contributed by atoms with Crippen LogP contribution in [0.4, 0.5) is 13.2 Å². The maximum Gasteiger partial charge on any atom is 0.407 e. The number of alkyl halides is 3. The van der Waals surface area contributed by atoms with Crippen molar-refractivity contribution in [2.45, 2.75) is 44.4 Å². The molecule has 25 heavy (non-hydrogen) atoms. The van der Waals surface area contributed by atoms with Gasteiger partial charge < -0.3 is 5.32 Å². The minimum absolute atomic E-state index is 0.0368. The van der Waals surface area contributed by atoms with Crippen LogP contribution in [0.2, 0.25) is 0 Å². The zero-order valence-electron chi connectivity index (χ0n) is 13.7. The van der Waals surface area contributed by atoms with Crippen LogP contribution in [0.3, 0.4) is 0 Å². The number of hydrogen-bond acceptors (Lipinski definition) is 3. The summed E-state index contributed by atoms with van der Waals surface area (Å²) >= 11 is 3.20. The van der Waals surface area contributed by atoms with Crippen molar-refractivity contribution in [3.05, 3.63) is 34.3 Å². The van der Waals surface area contributed by atoms with Gasteiger partial charge in [-0.25, -0.2) is 0 Å². The molecule has 1 fully saturated rings. The highest BCUT2D eigenvalue weighted by molar-refractivity contribution is 9.10. The van der Waals surface area contributed by atoms with E-state index in [4.69, 9.17) is 5.26 Å². The predicted molar refractivity (Wildman–Crippen MR) is 90.4 cm³/mol. The molecule has 0 aromatic heterocycles. The lowest BCUT2D eigenvalue weighted by Crippen LogP contribution is -2.49. The summed E-state index contributed by atoms with van der Waals surface area (Å²) < 4.78 is 41.4. The average Bonchev–Trinajstić information content (AvgIpc) is 3.26. The zero-order chi connectivity index (χ0) is 18.7. The van der Waals surface area contributed by atoms with E-state index in [0.29, 0.717) is 10.9 Å². The largest absolute Gasteiger partial charge is 0.407 e. The third-order valence-electron chi connectivity index (χ3n) is 4.36. The maximum atomic E-state index is 13.6. The SMILES string of the molecule is CC1(C[C@H](NC(c2ccc(Br)cc2)C(F)(F)F)C(=O)NCC#N)CC1. The molecule has 2 N–H and O–H groups in total. The first-order valence-corrected chi connectivity index (χ1v) is 8.67. The fraction of sp³-hybridized carbons (Fsp3) is 0.529. The van der Waals surface area contributed by atoms with Gasteiger partial charge in [-0.05, 0) is 42.4 Å². The van der Waals surface area contributed by atoms with Gasteiger partial charge in [-0.3, -0.25) is 10.1 Å². The second-order valence-corrected chi connectivity index (χ2v) is 7.55. The van der Waals surface area contributed by atoms with Gasteiger partial charge >= 0.3 is 6.18 Å². The Bertz CT molecular complexity index is 651. The molecule has 8 heteroatoms. The number of rotatable bonds is 7. The van der Waals surface area contributed by atoms with Gasteiger partial charge in [-0.1, -0.05) is 35.0 Å². The fourth-order valence-electron chi connectivity index (χ4n) is 2.62. The summed E-state index contributed by atoms with van der Waals surface area (Å²) in [5.41, 5.74) is -0.0907. The molecule has 0 radical (unpaired) electrons. The molecule has 0 bridgehead atoms. The van der Waals surface area contributed by atoms with Gasteiger partial charge in [0, 0.05) is 4.47 Å². The van der Waals surface area contributed by atoms with Crippen molar-refractivity contribution in [3.8, 4) is 6.07 Å². The first-order chi connectivity index (χ1) is 11.6. The van der Waals surface area contributed by atoms with Gasteiger partial charge in [0.2, 0.25) is 5.91 Å². The Morgan fingerprint density at radius 1 is 1.36 bits per heavy atom. The molecule has 1 saturated carbocycles. The lowest BCUT2D eigenvalue weighted by atomic mass is 9.96. The minimum atomic E-state index is -4.55. The molecule has 0 heterocycles. The molecule has 2 atom stereocenters. The van der Waals surface area contributed by atoms with Crippen LogP contribution >= 0.6 is 15.9 Å². The number of carbonyl (C=O) groups excluding carboxylic acids is 1. The van der Waals surface area contributed by atoms with E-state index < -0.39 is 24.2 Å². The van der Waals surface area contributed by atoms with Gasteiger partial charge in [-0.2, -0.15) is 18.4 Å². The van der Waals surface area contributed by atoms with Crippen LogP contribution in [-0.4, -0.2) is 24.7 Å². The van der Waals surface area contributed by atoms with Gasteiger partial charge in [0.05, 0.1) is 12.1 Å². The number of halogens is 4.